The van der Waals surface area contributed by atoms with Gasteiger partial charge in [0.15, 0.2) is 0 Å². The summed E-state index contributed by atoms with van der Waals surface area (Å²) >= 11 is 0. The molecule has 0 aliphatic carbocycles. The minimum absolute atomic E-state index is 0.0895. The summed E-state index contributed by atoms with van der Waals surface area (Å²) < 4.78 is 5.37. The number of likely N-dealkylation sites (tertiary alicyclic amines) is 1. The summed E-state index contributed by atoms with van der Waals surface area (Å²) in [4.78, 5) is 26.2. The number of hydrogen-bond donors (Lipinski definition) is 2. The van der Waals surface area contributed by atoms with Gasteiger partial charge < -0.3 is 20.3 Å². The van der Waals surface area contributed by atoms with Crippen LogP contribution in [0.2, 0.25) is 0 Å². The van der Waals surface area contributed by atoms with Gasteiger partial charge in [0.25, 0.3) is 0 Å². The van der Waals surface area contributed by atoms with E-state index in [0.29, 0.717) is 17.1 Å². The fraction of sp³-hybridized carbons (Fsp3) is 0.579. The summed E-state index contributed by atoms with van der Waals surface area (Å²) in [5.41, 5.74) is 1.35. The fourth-order valence-corrected chi connectivity index (χ4v) is 3.48. The van der Waals surface area contributed by atoms with Gasteiger partial charge in [-0.25, -0.2) is 0 Å². The van der Waals surface area contributed by atoms with Crippen LogP contribution in [-0.4, -0.2) is 41.9 Å². The molecule has 2 N–H and O–H groups in total. The van der Waals surface area contributed by atoms with Gasteiger partial charge in [-0.3, -0.25) is 9.59 Å². The predicted octanol–water partition coefficient (Wildman–Crippen LogP) is 3.24. The van der Waals surface area contributed by atoms with Crippen molar-refractivity contribution in [1.29, 1.82) is 0 Å². The summed E-state index contributed by atoms with van der Waals surface area (Å²) in [7, 11) is 1.58. The maximum Gasteiger partial charge on any atom is 0.245 e. The Morgan fingerprint density at radius 3 is 2.44 bits per heavy atom. The first-order chi connectivity index (χ1) is 11.8. The molecule has 1 aliphatic heterocycles. The van der Waals surface area contributed by atoms with E-state index in [1.165, 1.54) is 13.3 Å². The summed E-state index contributed by atoms with van der Waals surface area (Å²) in [5, 5.41) is 5.99. The molecular formula is C19H29N3O3. The number of ether oxygens (including phenoxy) is 1. The van der Waals surface area contributed by atoms with Gasteiger partial charge in [-0.15, -0.1) is 0 Å². The van der Waals surface area contributed by atoms with E-state index in [2.05, 4.69) is 24.5 Å². The summed E-state index contributed by atoms with van der Waals surface area (Å²) in [5.74, 6) is 0.580. The van der Waals surface area contributed by atoms with E-state index in [4.69, 9.17) is 4.74 Å². The summed E-state index contributed by atoms with van der Waals surface area (Å²) in [6, 6.07) is 5.46. The molecule has 1 heterocycles. The number of anilines is 2. The molecule has 1 aliphatic rings. The molecule has 0 bridgehead atoms. The van der Waals surface area contributed by atoms with Crippen molar-refractivity contribution in [2.24, 2.45) is 0 Å². The Kier molecular flexibility index (Phi) is 6.28. The first-order valence-electron chi connectivity index (χ1n) is 8.87. The number of methoxy groups -OCH3 is 1. The summed E-state index contributed by atoms with van der Waals surface area (Å²) in [6.07, 6.45) is 3.26. The van der Waals surface area contributed by atoms with Crippen LogP contribution < -0.4 is 15.4 Å². The minimum atomic E-state index is -0.385. The Morgan fingerprint density at radius 2 is 1.88 bits per heavy atom. The maximum atomic E-state index is 12.9. The number of benzene rings is 1. The Labute approximate surface area is 149 Å². The lowest BCUT2D eigenvalue weighted by molar-refractivity contribution is -0.137. The van der Waals surface area contributed by atoms with Crippen LogP contribution in [0.15, 0.2) is 18.2 Å². The van der Waals surface area contributed by atoms with Gasteiger partial charge in [-0.2, -0.15) is 0 Å². The van der Waals surface area contributed by atoms with Crippen LogP contribution >= 0.6 is 0 Å². The van der Waals surface area contributed by atoms with E-state index in [1.807, 2.05) is 11.8 Å². The van der Waals surface area contributed by atoms with Crippen LogP contribution in [-0.2, 0) is 9.59 Å². The number of amides is 2. The van der Waals surface area contributed by atoms with Gasteiger partial charge in [0.05, 0.1) is 12.8 Å². The Balaban J connectivity index is 2.16. The lowest BCUT2D eigenvalue weighted by Crippen LogP contribution is -2.52. The second-order valence-corrected chi connectivity index (χ2v) is 6.84. The standard InChI is InChI=1S/C19H29N3O3/c1-12-7-6-8-13(2)22(12)19(24)14(3)20-17-11-16(21-15(4)23)9-10-18(17)25-5/h9-14,20H,6-8H2,1-5H3,(H,21,23)/t12-,13+,14-/m1/s1. The van der Waals surface area contributed by atoms with Gasteiger partial charge in [0.1, 0.15) is 11.8 Å². The molecule has 0 radical (unpaired) electrons. The van der Waals surface area contributed by atoms with E-state index >= 15 is 0 Å². The van der Waals surface area contributed by atoms with E-state index in [9.17, 15) is 9.59 Å². The van der Waals surface area contributed by atoms with Gasteiger partial charge in [0, 0.05) is 24.7 Å². The Hall–Kier alpha value is -2.24. The first-order valence-corrected chi connectivity index (χ1v) is 8.87. The van der Waals surface area contributed by atoms with Crippen LogP contribution in [0.3, 0.4) is 0 Å². The molecule has 0 spiro atoms. The number of rotatable bonds is 5. The van der Waals surface area contributed by atoms with Crippen molar-refractivity contribution in [2.75, 3.05) is 17.7 Å². The predicted molar refractivity (Wildman–Crippen MR) is 100 cm³/mol. The number of hydrogen-bond acceptors (Lipinski definition) is 4. The quantitative estimate of drug-likeness (QED) is 0.858. The molecule has 6 nitrogen and oxygen atoms in total. The highest BCUT2D eigenvalue weighted by molar-refractivity contribution is 5.90. The van der Waals surface area contributed by atoms with Crippen molar-refractivity contribution in [2.45, 2.75) is 65.1 Å². The molecule has 2 rings (SSSR count). The molecule has 138 valence electrons. The first kappa shape index (κ1) is 19.1. The van der Waals surface area contributed by atoms with Crippen molar-refractivity contribution >= 4 is 23.2 Å². The molecule has 6 heteroatoms. The largest absolute Gasteiger partial charge is 0.495 e. The zero-order valence-electron chi connectivity index (χ0n) is 15.8. The molecular weight excluding hydrogens is 318 g/mol. The normalized spacial score (nSPS) is 21.4. The zero-order valence-corrected chi connectivity index (χ0v) is 15.8. The topological polar surface area (TPSA) is 70.7 Å². The van der Waals surface area contributed by atoms with E-state index < -0.39 is 0 Å². The lowest BCUT2D eigenvalue weighted by Gasteiger charge is -2.40. The third-order valence-corrected chi connectivity index (χ3v) is 4.71. The van der Waals surface area contributed by atoms with Crippen LogP contribution in [0, 0.1) is 0 Å². The van der Waals surface area contributed by atoms with Crippen molar-refractivity contribution in [1.82, 2.24) is 4.90 Å². The smallest absolute Gasteiger partial charge is 0.245 e. The zero-order chi connectivity index (χ0) is 18.6. The molecule has 1 fully saturated rings. The van der Waals surface area contributed by atoms with Gasteiger partial charge in [-0.1, -0.05) is 0 Å². The van der Waals surface area contributed by atoms with Crippen LogP contribution in [0.25, 0.3) is 0 Å². The lowest BCUT2D eigenvalue weighted by atomic mass is 9.96. The molecule has 1 aromatic carbocycles. The van der Waals surface area contributed by atoms with Crippen molar-refractivity contribution in [3.8, 4) is 5.75 Å². The molecule has 1 saturated heterocycles. The van der Waals surface area contributed by atoms with E-state index in [-0.39, 0.29) is 29.9 Å². The van der Waals surface area contributed by atoms with Crippen molar-refractivity contribution < 1.29 is 14.3 Å². The molecule has 2 amide bonds. The highest BCUT2D eigenvalue weighted by Crippen LogP contribution is 2.29. The minimum Gasteiger partial charge on any atom is -0.495 e. The maximum absolute atomic E-state index is 12.9. The Bertz CT molecular complexity index is 622. The van der Waals surface area contributed by atoms with Gasteiger partial charge >= 0.3 is 0 Å². The van der Waals surface area contributed by atoms with Crippen LogP contribution in [0.5, 0.6) is 5.75 Å². The van der Waals surface area contributed by atoms with Gasteiger partial charge in [0.2, 0.25) is 11.8 Å². The van der Waals surface area contributed by atoms with Crippen molar-refractivity contribution in [3.63, 3.8) is 0 Å². The monoisotopic (exact) mass is 347 g/mol. The number of nitrogens with zero attached hydrogens (tertiary/aromatic N) is 1. The molecule has 25 heavy (non-hydrogen) atoms. The summed E-state index contributed by atoms with van der Waals surface area (Å²) in [6.45, 7) is 7.54. The highest BCUT2D eigenvalue weighted by Gasteiger charge is 2.31. The fourth-order valence-electron chi connectivity index (χ4n) is 3.48. The van der Waals surface area contributed by atoms with Crippen LogP contribution in [0.1, 0.15) is 47.0 Å². The van der Waals surface area contributed by atoms with Crippen molar-refractivity contribution in [3.05, 3.63) is 18.2 Å². The third-order valence-electron chi connectivity index (χ3n) is 4.71. The highest BCUT2D eigenvalue weighted by atomic mass is 16.5. The Morgan fingerprint density at radius 1 is 1.24 bits per heavy atom. The third kappa shape index (κ3) is 4.65. The van der Waals surface area contributed by atoms with Crippen LogP contribution in [0.4, 0.5) is 11.4 Å². The van der Waals surface area contributed by atoms with E-state index in [0.717, 1.165) is 12.8 Å². The second-order valence-electron chi connectivity index (χ2n) is 6.84. The SMILES string of the molecule is COc1ccc(NC(C)=O)cc1N[C@H](C)C(=O)N1[C@H](C)CCC[C@@H]1C. The molecule has 0 aromatic heterocycles. The second kappa shape index (κ2) is 8.23. The average molecular weight is 347 g/mol. The molecule has 1 aromatic rings. The number of nitrogens with one attached hydrogen (secondary N) is 2. The van der Waals surface area contributed by atoms with E-state index in [1.54, 1.807) is 25.3 Å². The number of carbonyl (C=O) groups is 2. The number of carbonyl (C=O) groups excluding carboxylic acids is 2. The average Bonchev–Trinajstić information content (AvgIpc) is 2.54. The molecule has 0 saturated carbocycles. The van der Waals surface area contributed by atoms with Gasteiger partial charge in [-0.05, 0) is 58.2 Å². The molecule has 0 unspecified atom stereocenters. The molecule has 3 atom stereocenters. The number of piperidine rings is 1.